The van der Waals surface area contributed by atoms with Gasteiger partial charge in [-0.15, -0.1) is 0 Å². The number of nitrogen functional groups attached to an aromatic ring is 1. The van der Waals surface area contributed by atoms with Crippen LogP contribution in [-0.2, 0) is 0 Å². The van der Waals surface area contributed by atoms with Gasteiger partial charge in [0.15, 0.2) is 0 Å². The van der Waals surface area contributed by atoms with Crippen LogP contribution in [0.2, 0.25) is 0 Å². The molecule has 0 spiro atoms. The lowest BCUT2D eigenvalue weighted by Crippen LogP contribution is -2.22. The minimum atomic E-state index is -0.665. The van der Waals surface area contributed by atoms with Crippen molar-refractivity contribution >= 4 is 40.3 Å². The number of nitrogens with two attached hydrogens (primary N) is 1. The van der Waals surface area contributed by atoms with Crippen LogP contribution in [-0.4, -0.2) is 0 Å². The van der Waals surface area contributed by atoms with E-state index in [4.69, 9.17) is 5.73 Å². The van der Waals surface area contributed by atoms with E-state index in [1.807, 2.05) is 0 Å². The molecule has 0 bridgehead atoms. The maximum Gasteiger partial charge on any atom is 0.0478 e. The number of anilines is 1. The first kappa shape index (κ1) is 14.9. The van der Waals surface area contributed by atoms with Crippen LogP contribution in [0.15, 0.2) is 97.1 Å². The summed E-state index contributed by atoms with van der Waals surface area (Å²) < 4.78 is 0. The highest BCUT2D eigenvalue weighted by Gasteiger charge is 2.19. The van der Waals surface area contributed by atoms with Crippen LogP contribution in [0, 0.1) is 0 Å². The van der Waals surface area contributed by atoms with Gasteiger partial charge in [0.25, 0.3) is 0 Å². The molecule has 4 aromatic carbocycles. The first-order valence-electron chi connectivity index (χ1n) is 8.02. The molecule has 2 N–H and O–H groups in total. The molecule has 0 aliphatic carbocycles. The fraction of sp³-hybridized carbons (Fsp3) is 0. The molecule has 4 aromatic rings. The smallest absolute Gasteiger partial charge is 0.0478 e. The quantitative estimate of drug-likeness (QED) is 0.443. The van der Waals surface area contributed by atoms with E-state index < -0.39 is 7.92 Å². The van der Waals surface area contributed by atoms with Crippen molar-refractivity contribution in [3.05, 3.63) is 97.1 Å². The van der Waals surface area contributed by atoms with Gasteiger partial charge >= 0.3 is 0 Å². The normalized spacial score (nSPS) is 11.0. The van der Waals surface area contributed by atoms with E-state index in [9.17, 15) is 0 Å². The molecular formula is C22H18NP. The summed E-state index contributed by atoms with van der Waals surface area (Å²) in [4.78, 5) is 0. The van der Waals surface area contributed by atoms with Gasteiger partial charge in [-0.05, 0) is 23.9 Å². The third-order valence-electron chi connectivity index (χ3n) is 4.22. The van der Waals surface area contributed by atoms with E-state index in [0.717, 1.165) is 11.1 Å². The van der Waals surface area contributed by atoms with E-state index >= 15 is 0 Å². The van der Waals surface area contributed by atoms with Gasteiger partial charge in [-0.1, -0.05) is 97.1 Å². The van der Waals surface area contributed by atoms with Gasteiger partial charge in [-0.2, -0.15) is 0 Å². The van der Waals surface area contributed by atoms with Crippen molar-refractivity contribution < 1.29 is 0 Å². The molecule has 116 valence electrons. The Hall–Kier alpha value is -2.63. The summed E-state index contributed by atoms with van der Waals surface area (Å²) in [5.41, 5.74) is 7.51. The Morgan fingerprint density at radius 2 is 1.08 bits per heavy atom. The topological polar surface area (TPSA) is 26.0 Å². The van der Waals surface area contributed by atoms with Crippen LogP contribution >= 0.6 is 7.92 Å². The molecule has 0 aliphatic heterocycles. The van der Waals surface area contributed by atoms with Crippen LogP contribution in [0.1, 0.15) is 0 Å². The lowest BCUT2D eigenvalue weighted by atomic mass is 10.1. The maximum atomic E-state index is 6.61. The van der Waals surface area contributed by atoms with Gasteiger partial charge in [0.05, 0.1) is 0 Å². The van der Waals surface area contributed by atoms with E-state index in [1.54, 1.807) is 0 Å². The number of hydrogen-bond donors (Lipinski definition) is 1. The highest BCUT2D eigenvalue weighted by Crippen LogP contribution is 2.37. The maximum absolute atomic E-state index is 6.61. The van der Waals surface area contributed by atoms with Crippen molar-refractivity contribution in [1.82, 2.24) is 0 Å². The standard InChI is InChI=1S/C22H18NP/c23-22-20-14-8-7-9-17(20)15-16-21(22)24(18-10-3-1-4-11-18)19-12-5-2-6-13-19/h1-16H,23H2. The number of hydrogen-bond acceptors (Lipinski definition) is 1. The Balaban J connectivity index is 1.96. The predicted octanol–water partition coefficient (Wildman–Crippen LogP) is 4.18. The van der Waals surface area contributed by atoms with Crippen LogP contribution in [0.4, 0.5) is 5.69 Å². The summed E-state index contributed by atoms with van der Waals surface area (Å²) in [6.07, 6.45) is 0. The molecule has 0 saturated heterocycles. The van der Waals surface area contributed by atoms with Crippen molar-refractivity contribution in [2.24, 2.45) is 0 Å². The minimum absolute atomic E-state index is 0.665. The second-order valence-electron chi connectivity index (χ2n) is 5.73. The zero-order valence-corrected chi connectivity index (χ0v) is 14.2. The molecule has 0 fully saturated rings. The Labute approximate surface area is 143 Å². The summed E-state index contributed by atoms with van der Waals surface area (Å²) >= 11 is 0. The third kappa shape index (κ3) is 2.68. The molecule has 4 rings (SSSR count). The van der Waals surface area contributed by atoms with E-state index in [-0.39, 0.29) is 0 Å². The number of rotatable bonds is 3. The van der Waals surface area contributed by atoms with E-state index in [0.29, 0.717) is 0 Å². The molecule has 0 unspecified atom stereocenters. The molecule has 0 radical (unpaired) electrons. The highest BCUT2D eigenvalue weighted by atomic mass is 31.1. The fourth-order valence-corrected chi connectivity index (χ4v) is 5.44. The van der Waals surface area contributed by atoms with Gasteiger partial charge in [0.2, 0.25) is 0 Å². The lowest BCUT2D eigenvalue weighted by Gasteiger charge is -2.21. The SMILES string of the molecule is Nc1c(P(c2ccccc2)c2ccccc2)ccc2ccccc12. The van der Waals surface area contributed by atoms with Crippen molar-refractivity contribution in [3.8, 4) is 0 Å². The fourth-order valence-electron chi connectivity index (χ4n) is 3.06. The lowest BCUT2D eigenvalue weighted by molar-refractivity contribution is 1.74. The van der Waals surface area contributed by atoms with Crippen LogP contribution in [0.5, 0.6) is 0 Å². The van der Waals surface area contributed by atoms with Crippen LogP contribution in [0.25, 0.3) is 10.8 Å². The van der Waals surface area contributed by atoms with Crippen molar-refractivity contribution in [1.29, 1.82) is 0 Å². The molecule has 0 heterocycles. The monoisotopic (exact) mass is 327 g/mol. The summed E-state index contributed by atoms with van der Waals surface area (Å²) in [5.74, 6) is 0. The molecule has 0 aliphatic rings. The Morgan fingerprint density at radius 3 is 1.71 bits per heavy atom. The molecule has 0 atom stereocenters. The summed E-state index contributed by atoms with van der Waals surface area (Å²) in [7, 11) is -0.665. The second kappa shape index (κ2) is 6.47. The zero-order valence-electron chi connectivity index (χ0n) is 13.3. The molecular weight excluding hydrogens is 309 g/mol. The first-order valence-corrected chi connectivity index (χ1v) is 9.36. The van der Waals surface area contributed by atoms with Gasteiger partial charge in [-0.25, -0.2) is 0 Å². The average Bonchev–Trinajstić information content (AvgIpc) is 2.66. The summed E-state index contributed by atoms with van der Waals surface area (Å²) in [6.45, 7) is 0. The summed E-state index contributed by atoms with van der Waals surface area (Å²) in [5, 5.41) is 6.19. The van der Waals surface area contributed by atoms with Gasteiger partial charge in [-0.3, -0.25) is 0 Å². The number of fused-ring (bicyclic) bond motifs is 1. The third-order valence-corrected chi connectivity index (χ3v) is 6.72. The molecule has 0 saturated carbocycles. The Bertz CT molecular complexity index is 925. The van der Waals surface area contributed by atoms with Gasteiger partial charge in [0, 0.05) is 16.4 Å². The largest absolute Gasteiger partial charge is 0.398 e. The van der Waals surface area contributed by atoms with E-state index in [2.05, 4.69) is 97.1 Å². The second-order valence-corrected chi connectivity index (χ2v) is 7.91. The molecule has 24 heavy (non-hydrogen) atoms. The van der Waals surface area contributed by atoms with Crippen LogP contribution in [0.3, 0.4) is 0 Å². The van der Waals surface area contributed by atoms with Gasteiger partial charge in [0.1, 0.15) is 0 Å². The average molecular weight is 327 g/mol. The first-order chi connectivity index (χ1) is 11.8. The minimum Gasteiger partial charge on any atom is -0.398 e. The molecule has 1 nitrogen and oxygen atoms in total. The van der Waals surface area contributed by atoms with Crippen molar-refractivity contribution in [2.45, 2.75) is 0 Å². The zero-order chi connectivity index (χ0) is 16.4. The number of benzene rings is 4. The Kier molecular flexibility index (Phi) is 4.02. The van der Waals surface area contributed by atoms with Crippen molar-refractivity contribution in [2.75, 3.05) is 5.73 Å². The van der Waals surface area contributed by atoms with Gasteiger partial charge < -0.3 is 5.73 Å². The molecule has 2 heteroatoms. The van der Waals surface area contributed by atoms with Crippen molar-refractivity contribution in [3.63, 3.8) is 0 Å². The highest BCUT2D eigenvalue weighted by molar-refractivity contribution is 7.80. The summed E-state index contributed by atoms with van der Waals surface area (Å²) in [6, 6.07) is 34.0. The van der Waals surface area contributed by atoms with E-state index in [1.165, 1.54) is 21.3 Å². The Morgan fingerprint density at radius 1 is 0.542 bits per heavy atom. The predicted molar refractivity (Wildman–Crippen MR) is 107 cm³/mol. The molecule has 0 amide bonds. The molecule has 0 aromatic heterocycles. The van der Waals surface area contributed by atoms with Crippen LogP contribution < -0.4 is 21.6 Å².